The van der Waals surface area contributed by atoms with Gasteiger partial charge >= 0.3 is 5.97 Å². The molecule has 0 radical (unpaired) electrons. The average Bonchev–Trinajstić information content (AvgIpc) is 3.47. The number of ether oxygens (including phenoxy) is 1. The molecule has 0 aliphatic carbocycles. The molecule has 1 aromatic heterocycles. The largest absolute Gasteiger partial charge is 0.455 e. The predicted octanol–water partition coefficient (Wildman–Crippen LogP) is 5.10. The fourth-order valence-electron chi connectivity index (χ4n) is 5.53. The second kappa shape index (κ2) is 18.7. The number of esters is 1. The number of nitrogens with one attached hydrogen (secondary N) is 2. The number of hydrogen-bond donors (Lipinski definition) is 2. The number of thiazole rings is 1. The Bertz CT molecular complexity index is 1270. The molecular formula is C35H55N5O5S. The van der Waals surface area contributed by atoms with E-state index in [1.807, 2.05) is 45.9 Å². The standard InChI is InChI=1S/C35H55N5O5S/c1-11-24(6)32(38-31(42)20-39(8)9)35(44)40(10)29(23(4)5)19-30(45-25(7)41)34-37-28(21-46-34)33(43)36-27(17-22(2)3)18-26-15-13-12-14-16-26/h12-16,21-24,27,29-30,32H,11,17-20H2,1-10H3,(H,36,43)(H,38,42)/t24?,27-,29-,30-,32+/m1/s1. The summed E-state index contributed by atoms with van der Waals surface area (Å²) in [6.07, 6.45) is 1.77. The van der Waals surface area contributed by atoms with Crippen molar-refractivity contribution in [2.75, 3.05) is 27.7 Å². The molecule has 0 spiro atoms. The molecule has 3 amide bonds. The van der Waals surface area contributed by atoms with Crippen molar-refractivity contribution < 1.29 is 23.9 Å². The van der Waals surface area contributed by atoms with Gasteiger partial charge in [-0.25, -0.2) is 4.98 Å². The molecule has 11 heteroatoms. The molecule has 2 rings (SSSR count). The maximum absolute atomic E-state index is 13.9. The van der Waals surface area contributed by atoms with Crippen molar-refractivity contribution in [1.29, 1.82) is 0 Å². The van der Waals surface area contributed by atoms with Gasteiger partial charge in [-0.2, -0.15) is 0 Å². The normalized spacial score (nSPS) is 14.8. The molecule has 2 aromatic rings. The molecule has 2 N–H and O–H groups in total. The molecular weight excluding hydrogens is 602 g/mol. The Morgan fingerprint density at radius 3 is 2.15 bits per heavy atom. The summed E-state index contributed by atoms with van der Waals surface area (Å²) in [5, 5.41) is 8.28. The molecule has 10 nitrogen and oxygen atoms in total. The first-order valence-electron chi connectivity index (χ1n) is 16.3. The van der Waals surface area contributed by atoms with Gasteiger partial charge in [0.05, 0.1) is 6.54 Å². The van der Waals surface area contributed by atoms with E-state index in [1.54, 1.807) is 36.3 Å². The molecule has 5 atom stereocenters. The Kier molecular flexibility index (Phi) is 15.8. The lowest BCUT2D eigenvalue weighted by atomic mass is 9.93. The number of amides is 3. The van der Waals surface area contributed by atoms with Crippen LogP contribution in [0.4, 0.5) is 0 Å². The van der Waals surface area contributed by atoms with E-state index in [9.17, 15) is 19.2 Å². The van der Waals surface area contributed by atoms with Crippen LogP contribution in [-0.2, 0) is 25.5 Å². The van der Waals surface area contributed by atoms with E-state index in [0.29, 0.717) is 23.8 Å². The van der Waals surface area contributed by atoms with E-state index in [4.69, 9.17) is 4.74 Å². The van der Waals surface area contributed by atoms with Gasteiger partial charge in [-0.3, -0.25) is 19.2 Å². The van der Waals surface area contributed by atoms with Gasteiger partial charge in [0.25, 0.3) is 5.91 Å². The van der Waals surface area contributed by atoms with E-state index in [-0.39, 0.29) is 60.3 Å². The van der Waals surface area contributed by atoms with Crippen molar-refractivity contribution in [2.45, 2.75) is 98.4 Å². The molecule has 1 aromatic carbocycles. The minimum Gasteiger partial charge on any atom is -0.455 e. The maximum Gasteiger partial charge on any atom is 0.303 e. The van der Waals surface area contributed by atoms with Crippen LogP contribution in [0, 0.1) is 17.8 Å². The van der Waals surface area contributed by atoms with E-state index in [2.05, 4.69) is 41.6 Å². The van der Waals surface area contributed by atoms with Crippen LogP contribution < -0.4 is 10.6 Å². The number of nitrogens with zero attached hydrogens (tertiary/aromatic N) is 3. The smallest absolute Gasteiger partial charge is 0.303 e. The lowest BCUT2D eigenvalue weighted by Gasteiger charge is -2.37. The SMILES string of the molecule is CCC(C)[C@H](NC(=O)CN(C)C)C(=O)N(C)[C@H](C[C@@H](OC(C)=O)c1nc(C(=O)N[C@@H](Cc2ccccc2)CC(C)C)cs1)C(C)C. The molecule has 1 heterocycles. The molecule has 0 aliphatic rings. The van der Waals surface area contributed by atoms with Gasteiger partial charge in [0, 0.05) is 37.9 Å². The Hall–Kier alpha value is -3.31. The Morgan fingerprint density at radius 1 is 0.957 bits per heavy atom. The zero-order valence-corrected chi connectivity index (χ0v) is 30.1. The van der Waals surface area contributed by atoms with Crippen molar-refractivity contribution in [1.82, 2.24) is 25.4 Å². The van der Waals surface area contributed by atoms with Gasteiger partial charge in [-0.05, 0) is 50.3 Å². The Morgan fingerprint density at radius 2 is 1.61 bits per heavy atom. The van der Waals surface area contributed by atoms with Crippen LogP contribution in [0.2, 0.25) is 0 Å². The van der Waals surface area contributed by atoms with Crippen molar-refractivity contribution in [3.8, 4) is 0 Å². The minimum absolute atomic E-state index is 0.000392. The van der Waals surface area contributed by atoms with Crippen LogP contribution in [0.25, 0.3) is 0 Å². The minimum atomic E-state index is -0.757. The Labute approximate surface area is 279 Å². The van der Waals surface area contributed by atoms with Crippen molar-refractivity contribution in [3.05, 3.63) is 52.0 Å². The molecule has 46 heavy (non-hydrogen) atoms. The van der Waals surface area contributed by atoms with Crippen LogP contribution in [-0.4, -0.2) is 84.3 Å². The summed E-state index contributed by atoms with van der Waals surface area (Å²) in [5.74, 6) is -0.861. The van der Waals surface area contributed by atoms with Crippen LogP contribution in [0.3, 0.4) is 0 Å². The second-order valence-electron chi connectivity index (χ2n) is 13.3. The lowest BCUT2D eigenvalue weighted by molar-refractivity contribution is -0.149. The second-order valence-corrected chi connectivity index (χ2v) is 14.2. The molecule has 0 saturated heterocycles. The molecule has 0 bridgehead atoms. The van der Waals surface area contributed by atoms with Gasteiger partial charge in [0.2, 0.25) is 11.8 Å². The zero-order chi connectivity index (χ0) is 34.6. The monoisotopic (exact) mass is 657 g/mol. The number of carbonyl (C=O) groups excluding carboxylic acids is 4. The van der Waals surface area contributed by atoms with Gasteiger partial charge in [-0.1, -0.05) is 78.3 Å². The summed E-state index contributed by atoms with van der Waals surface area (Å²) in [6, 6.07) is 8.98. The fourth-order valence-corrected chi connectivity index (χ4v) is 6.37. The highest BCUT2D eigenvalue weighted by atomic mass is 32.1. The summed E-state index contributed by atoms with van der Waals surface area (Å²) < 4.78 is 5.75. The van der Waals surface area contributed by atoms with E-state index < -0.39 is 18.1 Å². The van der Waals surface area contributed by atoms with Crippen LogP contribution in [0.1, 0.15) is 94.9 Å². The van der Waals surface area contributed by atoms with E-state index >= 15 is 0 Å². The first-order valence-corrected chi connectivity index (χ1v) is 17.2. The third kappa shape index (κ3) is 12.5. The number of likely N-dealkylation sites (N-methyl/N-ethyl adjacent to an activating group) is 2. The molecule has 0 aliphatic heterocycles. The van der Waals surface area contributed by atoms with E-state index in [0.717, 1.165) is 12.0 Å². The summed E-state index contributed by atoms with van der Waals surface area (Å²) in [6.45, 7) is 13.7. The highest BCUT2D eigenvalue weighted by Crippen LogP contribution is 2.31. The fraction of sp³-hybridized carbons (Fsp3) is 0.629. The third-order valence-electron chi connectivity index (χ3n) is 8.08. The van der Waals surface area contributed by atoms with Crippen molar-refractivity contribution in [2.24, 2.45) is 17.8 Å². The molecule has 1 unspecified atom stereocenters. The van der Waals surface area contributed by atoms with Crippen LogP contribution >= 0.6 is 11.3 Å². The topological polar surface area (TPSA) is 121 Å². The molecule has 0 fully saturated rings. The first kappa shape index (κ1) is 38.9. The van der Waals surface area contributed by atoms with Crippen molar-refractivity contribution in [3.63, 3.8) is 0 Å². The van der Waals surface area contributed by atoms with E-state index in [1.165, 1.54) is 18.3 Å². The number of hydrogen-bond acceptors (Lipinski definition) is 8. The predicted molar refractivity (Wildman–Crippen MR) is 183 cm³/mol. The number of benzene rings is 1. The Balaban J connectivity index is 2.28. The quantitative estimate of drug-likeness (QED) is 0.214. The molecule has 0 saturated carbocycles. The number of rotatable bonds is 18. The zero-order valence-electron chi connectivity index (χ0n) is 29.3. The van der Waals surface area contributed by atoms with Crippen LogP contribution in [0.15, 0.2) is 35.7 Å². The highest BCUT2D eigenvalue weighted by molar-refractivity contribution is 7.09. The van der Waals surface area contributed by atoms with Gasteiger partial charge in [0.1, 0.15) is 16.7 Å². The summed E-state index contributed by atoms with van der Waals surface area (Å²) in [5.41, 5.74) is 1.42. The summed E-state index contributed by atoms with van der Waals surface area (Å²) in [7, 11) is 5.34. The summed E-state index contributed by atoms with van der Waals surface area (Å²) in [4.78, 5) is 60.2. The van der Waals surface area contributed by atoms with Gasteiger partial charge in [-0.15, -0.1) is 11.3 Å². The van der Waals surface area contributed by atoms with Gasteiger partial charge < -0.3 is 25.2 Å². The third-order valence-corrected chi connectivity index (χ3v) is 9.02. The van der Waals surface area contributed by atoms with Gasteiger partial charge in [0.15, 0.2) is 6.10 Å². The highest BCUT2D eigenvalue weighted by Gasteiger charge is 2.35. The molecule has 256 valence electrons. The maximum atomic E-state index is 13.9. The number of carbonyl (C=O) groups is 4. The average molecular weight is 658 g/mol. The van der Waals surface area contributed by atoms with Crippen molar-refractivity contribution >= 4 is 35.0 Å². The lowest BCUT2D eigenvalue weighted by Crippen LogP contribution is -2.55. The number of aromatic nitrogens is 1. The first-order chi connectivity index (χ1) is 21.6. The summed E-state index contributed by atoms with van der Waals surface area (Å²) >= 11 is 1.26. The van der Waals surface area contributed by atoms with Crippen LogP contribution in [0.5, 0.6) is 0 Å².